The Balaban J connectivity index is 1.88. The van der Waals surface area contributed by atoms with E-state index in [0.29, 0.717) is 30.3 Å². The van der Waals surface area contributed by atoms with Crippen LogP contribution in [0.2, 0.25) is 0 Å². The van der Waals surface area contributed by atoms with E-state index in [0.717, 1.165) is 37.8 Å². The third-order valence-electron chi connectivity index (χ3n) is 5.31. The highest BCUT2D eigenvalue weighted by Crippen LogP contribution is 2.31. The van der Waals surface area contributed by atoms with Gasteiger partial charge in [0, 0.05) is 31.2 Å². The fourth-order valence-corrected chi connectivity index (χ4v) is 4.94. The first kappa shape index (κ1) is 18.2. The summed E-state index contributed by atoms with van der Waals surface area (Å²) in [5, 5.41) is 0. The van der Waals surface area contributed by atoms with Gasteiger partial charge in [0.2, 0.25) is 10.0 Å². The van der Waals surface area contributed by atoms with E-state index in [1.165, 1.54) is 10.6 Å². The third kappa shape index (κ3) is 3.67. The third-order valence-corrected chi connectivity index (χ3v) is 6.49. The van der Waals surface area contributed by atoms with Gasteiger partial charge in [-0.05, 0) is 55.4 Å². The number of nitrogens with zero attached hydrogens (tertiary/aromatic N) is 2. The summed E-state index contributed by atoms with van der Waals surface area (Å²) in [6.45, 7) is 3.90. The summed E-state index contributed by atoms with van der Waals surface area (Å²) >= 11 is 0. The molecule has 2 atom stereocenters. The zero-order valence-corrected chi connectivity index (χ0v) is 15.8. The summed E-state index contributed by atoms with van der Waals surface area (Å²) in [5.74, 6) is 0.589. The average Bonchev–Trinajstić information content (AvgIpc) is 2.59. The Morgan fingerprint density at radius 1 is 1.32 bits per heavy atom. The standard InChI is InChI=1S/C18H27N3O3S/c1-13-7-9-20(16(10-13)12-19)18(22)15-5-6-17-14(11-15)4-3-8-21(17)25(2,23)24/h5-6,11,13,16H,3-4,7-10,12,19H2,1-2H3. The molecule has 0 saturated carbocycles. The molecule has 1 aromatic carbocycles. The quantitative estimate of drug-likeness (QED) is 0.882. The van der Waals surface area contributed by atoms with Crippen molar-refractivity contribution in [1.29, 1.82) is 0 Å². The van der Waals surface area contributed by atoms with E-state index in [1.54, 1.807) is 12.1 Å². The van der Waals surface area contributed by atoms with Crippen LogP contribution in [0.15, 0.2) is 18.2 Å². The van der Waals surface area contributed by atoms with Gasteiger partial charge in [0.05, 0.1) is 11.9 Å². The van der Waals surface area contributed by atoms with Gasteiger partial charge in [-0.15, -0.1) is 0 Å². The minimum Gasteiger partial charge on any atom is -0.334 e. The van der Waals surface area contributed by atoms with Gasteiger partial charge < -0.3 is 10.6 Å². The second kappa shape index (κ2) is 6.96. The van der Waals surface area contributed by atoms with Gasteiger partial charge in [-0.1, -0.05) is 6.92 Å². The van der Waals surface area contributed by atoms with Crippen molar-refractivity contribution in [2.45, 2.75) is 38.6 Å². The zero-order valence-electron chi connectivity index (χ0n) is 14.9. The number of amides is 1. The fourth-order valence-electron chi connectivity index (χ4n) is 3.95. The lowest BCUT2D eigenvalue weighted by Gasteiger charge is -2.38. The number of rotatable bonds is 3. The maximum absolute atomic E-state index is 13.0. The number of likely N-dealkylation sites (tertiary alicyclic amines) is 1. The van der Waals surface area contributed by atoms with Crippen LogP contribution in [-0.4, -0.2) is 51.2 Å². The molecule has 2 N–H and O–H groups in total. The fraction of sp³-hybridized carbons (Fsp3) is 0.611. The van der Waals surface area contributed by atoms with Crippen LogP contribution in [0.25, 0.3) is 0 Å². The molecule has 2 unspecified atom stereocenters. The zero-order chi connectivity index (χ0) is 18.2. The van der Waals surface area contributed by atoms with E-state index < -0.39 is 10.0 Å². The van der Waals surface area contributed by atoms with Crippen molar-refractivity contribution in [1.82, 2.24) is 4.90 Å². The molecule has 6 nitrogen and oxygen atoms in total. The molecule has 2 aliphatic heterocycles. The molecule has 1 saturated heterocycles. The van der Waals surface area contributed by atoms with Crippen LogP contribution < -0.4 is 10.0 Å². The monoisotopic (exact) mass is 365 g/mol. The van der Waals surface area contributed by atoms with E-state index in [2.05, 4.69) is 6.92 Å². The molecule has 1 aromatic rings. The van der Waals surface area contributed by atoms with Crippen LogP contribution >= 0.6 is 0 Å². The predicted molar refractivity (Wildman–Crippen MR) is 99.2 cm³/mol. The Labute approximate surface area is 150 Å². The molecule has 1 amide bonds. The SMILES string of the molecule is CC1CCN(C(=O)c2ccc3c(c2)CCCN3S(C)(=O)=O)C(CN)C1. The molecule has 138 valence electrons. The summed E-state index contributed by atoms with van der Waals surface area (Å²) in [6, 6.07) is 5.46. The molecule has 0 aromatic heterocycles. The smallest absolute Gasteiger partial charge is 0.254 e. The van der Waals surface area contributed by atoms with E-state index in [-0.39, 0.29) is 11.9 Å². The Bertz CT molecular complexity index is 763. The molecule has 25 heavy (non-hydrogen) atoms. The van der Waals surface area contributed by atoms with Gasteiger partial charge in [-0.3, -0.25) is 9.10 Å². The summed E-state index contributed by atoms with van der Waals surface area (Å²) in [7, 11) is -3.29. The van der Waals surface area contributed by atoms with Crippen LogP contribution in [0.1, 0.15) is 42.1 Å². The largest absolute Gasteiger partial charge is 0.334 e. The van der Waals surface area contributed by atoms with Gasteiger partial charge in [0.1, 0.15) is 0 Å². The molecule has 0 radical (unpaired) electrons. The lowest BCUT2D eigenvalue weighted by molar-refractivity contribution is 0.0573. The number of anilines is 1. The van der Waals surface area contributed by atoms with Gasteiger partial charge in [0.15, 0.2) is 0 Å². The van der Waals surface area contributed by atoms with Gasteiger partial charge in [-0.2, -0.15) is 0 Å². The van der Waals surface area contributed by atoms with E-state index in [1.807, 2.05) is 11.0 Å². The number of fused-ring (bicyclic) bond motifs is 1. The number of hydrogen-bond donors (Lipinski definition) is 1. The number of aryl methyl sites for hydroxylation is 1. The molecule has 3 rings (SSSR count). The first-order valence-corrected chi connectivity index (χ1v) is 10.8. The van der Waals surface area contributed by atoms with Crippen molar-refractivity contribution in [2.24, 2.45) is 11.7 Å². The van der Waals surface area contributed by atoms with Crippen molar-refractivity contribution in [3.05, 3.63) is 29.3 Å². The lowest BCUT2D eigenvalue weighted by Crippen LogP contribution is -2.49. The van der Waals surface area contributed by atoms with Crippen LogP contribution in [0.5, 0.6) is 0 Å². The lowest BCUT2D eigenvalue weighted by atomic mass is 9.91. The predicted octanol–water partition coefficient (Wildman–Crippen LogP) is 1.60. The Kier molecular flexibility index (Phi) is 5.06. The first-order valence-electron chi connectivity index (χ1n) is 8.93. The molecule has 0 aliphatic carbocycles. The molecule has 2 aliphatic rings. The molecule has 0 spiro atoms. The molecule has 2 heterocycles. The highest BCUT2D eigenvalue weighted by Gasteiger charge is 2.31. The summed E-state index contributed by atoms with van der Waals surface area (Å²) in [5.41, 5.74) is 8.14. The number of hydrogen-bond acceptors (Lipinski definition) is 4. The van der Waals surface area contributed by atoms with Crippen molar-refractivity contribution in [3.63, 3.8) is 0 Å². The molecular formula is C18H27N3O3S. The van der Waals surface area contributed by atoms with Crippen LogP contribution in [-0.2, 0) is 16.4 Å². The first-order chi connectivity index (χ1) is 11.8. The van der Waals surface area contributed by atoms with E-state index in [9.17, 15) is 13.2 Å². The Morgan fingerprint density at radius 3 is 2.76 bits per heavy atom. The minimum absolute atomic E-state index is 0.00151. The van der Waals surface area contributed by atoms with E-state index in [4.69, 9.17) is 5.73 Å². The molecule has 7 heteroatoms. The number of benzene rings is 1. The highest BCUT2D eigenvalue weighted by atomic mass is 32.2. The van der Waals surface area contributed by atoms with Crippen LogP contribution in [0, 0.1) is 5.92 Å². The number of carbonyl (C=O) groups is 1. The highest BCUT2D eigenvalue weighted by molar-refractivity contribution is 7.92. The van der Waals surface area contributed by atoms with Gasteiger partial charge in [0.25, 0.3) is 5.91 Å². The Hall–Kier alpha value is -1.60. The van der Waals surface area contributed by atoms with E-state index >= 15 is 0 Å². The minimum atomic E-state index is -3.29. The van der Waals surface area contributed by atoms with Crippen molar-refractivity contribution >= 4 is 21.6 Å². The van der Waals surface area contributed by atoms with Crippen molar-refractivity contribution in [2.75, 3.05) is 30.2 Å². The number of carbonyl (C=O) groups excluding carboxylic acids is 1. The Morgan fingerprint density at radius 2 is 2.08 bits per heavy atom. The maximum atomic E-state index is 13.0. The van der Waals surface area contributed by atoms with Crippen LogP contribution in [0.3, 0.4) is 0 Å². The number of sulfonamides is 1. The van der Waals surface area contributed by atoms with Crippen molar-refractivity contribution in [3.8, 4) is 0 Å². The summed E-state index contributed by atoms with van der Waals surface area (Å²) < 4.78 is 25.4. The summed E-state index contributed by atoms with van der Waals surface area (Å²) in [4.78, 5) is 14.9. The van der Waals surface area contributed by atoms with Crippen molar-refractivity contribution < 1.29 is 13.2 Å². The second-order valence-electron chi connectivity index (χ2n) is 7.30. The molecule has 0 bridgehead atoms. The normalized spacial score (nSPS) is 24.1. The topological polar surface area (TPSA) is 83.7 Å². The summed E-state index contributed by atoms with van der Waals surface area (Å²) in [6.07, 6.45) is 4.72. The maximum Gasteiger partial charge on any atom is 0.254 e. The molecule has 1 fully saturated rings. The number of piperidine rings is 1. The average molecular weight is 365 g/mol. The number of nitrogens with two attached hydrogens (primary N) is 1. The molecular weight excluding hydrogens is 338 g/mol. The van der Waals surface area contributed by atoms with Gasteiger partial charge in [-0.25, -0.2) is 8.42 Å². The van der Waals surface area contributed by atoms with Crippen LogP contribution in [0.4, 0.5) is 5.69 Å². The van der Waals surface area contributed by atoms with Gasteiger partial charge >= 0.3 is 0 Å². The second-order valence-corrected chi connectivity index (χ2v) is 9.21.